The zero-order chi connectivity index (χ0) is 19.1. The van der Waals surface area contributed by atoms with Gasteiger partial charge in [-0.25, -0.2) is 0 Å². The van der Waals surface area contributed by atoms with E-state index in [0.717, 1.165) is 45.0 Å². The molecular formula is C22H37IN4O. The van der Waals surface area contributed by atoms with Crippen LogP contribution in [0.2, 0.25) is 0 Å². The lowest BCUT2D eigenvalue weighted by Gasteiger charge is -2.42. The fourth-order valence-electron chi connectivity index (χ4n) is 4.41. The first-order valence-corrected chi connectivity index (χ1v) is 10.4. The SMILES string of the molecule is CN=C(NCC1(CCOC)CCC1)NC1CC(C)N(Cc2ccccc2)C1.I. The van der Waals surface area contributed by atoms with Crippen molar-refractivity contribution >= 4 is 29.9 Å². The average molecular weight is 500 g/mol. The molecule has 28 heavy (non-hydrogen) atoms. The second-order valence-corrected chi connectivity index (χ2v) is 8.36. The standard InChI is InChI=1S/C22H36N4O.HI/c1-18-14-20(16-26(18)15-19-8-5-4-6-9-19)25-21(23-2)24-17-22(10-7-11-22)12-13-27-3;/h4-6,8-9,18,20H,7,10-17H2,1-3H3,(H2,23,24,25);1H. The molecule has 0 amide bonds. The lowest BCUT2D eigenvalue weighted by Crippen LogP contribution is -2.49. The topological polar surface area (TPSA) is 48.9 Å². The van der Waals surface area contributed by atoms with Crippen LogP contribution in [0.5, 0.6) is 0 Å². The van der Waals surface area contributed by atoms with Gasteiger partial charge in [-0.1, -0.05) is 36.8 Å². The quantitative estimate of drug-likeness (QED) is 0.325. The Morgan fingerprint density at radius 3 is 2.64 bits per heavy atom. The van der Waals surface area contributed by atoms with Crippen molar-refractivity contribution < 1.29 is 4.74 Å². The summed E-state index contributed by atoms with van der Waals surface area (Å²) in [6, 6.07) is 11.8. The van der Waals surface area contributed by atoms with E-state index >= 15 is 0 Å². The van der Waals surface area contributed by atoms with Gasteiger partial charge in [0.1, 0.15) is 0 Å². The third kappa shape index (κ3) is 6.32. The number of hydrogen-bond donors (Lipinski definition) is 2. The molecule has 0 bridgehead atoms. The van der Waals surface area contributed by atoms with Gasteiger partial charge in [-0.05, 0) is 43.6 Å². The first-order chi connectivity index (χ1) is 13.1. The zero-order valence-electron chi connectivity index (χ0n) is 17.6. The van der Waals surface area contributed by atoms with Gasteiger partial charge in [0, 0.05) is 52.5 Å². The van der Waals surface area contributed by atoms with Gasteiger partial charge in [0.2, 0.25) is 0 Å². The van der Waals surface area contributed by atoms with Crippen molar-refractivity contribution in [1.29, 1.82) is 0 Å². The number of rotatable bonds is 8. The highest BCUT2D eigenvalue weighted by Crippen LogP contribution is 2.43. The second-order valence-electron chi connectivity index (χ2n) is 8.36. The Hall–Kier alpha value is -0.860. The third-order valence-corrected chi connectivity index (χ3v) is 6.38. The summed E-state index contributed by atoms with van der Waals surface area (Å²) in [5.74, 6) is 0.942. The number of hydrogen-bond acceptors (Lipinski definition) is 3. The number of nitrogens with zero attached hydrogens (tertiary/aromatic N) is 2. The molecule has 2 atom stereocenters. The number of methoxy groups -OCH3 is 1. The molecule has 0 aromatic heterocycles. The van der Waals surface area contributed by atoms with Crippen LogP contribution in [0.15, 0.2) is 35.3 Å². The molecule has 2 fully saturated rings. The molecule has 158 valence electrons. The van der Waals surface area contributed by atoms with E-state index in [2.05, 4.69) is 57.8 Å². The Morgan fingerprint density at radius 2 is 2.04 bits per heavy atom. The maximum atomic E-state index is 5.31. The summed E-state index contributed by atoms with van der Waals surface area (Å²) in [5.41, 5.74) is 1.79. The smallest absolute Gasteiger partial charge is 0.191 e. The summed E-state index contributed by atoms with van der Waals surface area (Å²) in [6.45, 7) is 6.25. The normalized spacial score (nSPS) is 24.3. The summed E-state index contributed by atoms with van der Waals surface area (Å²) in [7, 11) is 3.67. The number of halogens is 1. The second kappa shape index (κ2) is 11.4. The van der Waals surface area contributed by atoms with Gasteiger partial charge in [0.25, 0.3) is 0 Å². The van der Waals surface area contributed by atoms with Crippen molar-refractivity contribution in [2.45, 2.75) is 57.7 Å². The molecule has 1 aliphatic heterocycles. The van der Waals surface area contributed by atoms with Crippen molar-refractivity contribution in [3.8, 4) is 0 Å². The number of guanidine groups is 1. The van der Waals surface area contributed by atoms with E-state index in [0.29, 0.717) is 17.5 Å². The molecule has 1 aromatic rings. The summed E-state index contributed by atoms with van der Waals surface area (Å²) in [4.78, 5) is 7.03. The number of aliphatic imine (C=N–C) groups is 1. The van der Waals surface area contributed by atoms with Crippen LogP contribution in [0.4, 0.5) is 0 Å². The van der Waals surface area contributed by atoms with E-state index in [1.807, 2.05) is 7.05 Å². The summed E-state index contributed by atoms with van der Waals surface area (Å²) in [6.07, 6.45) is 6.23. The minimum Gasteiger partial charge on any atom is -0.385 e. The highest BCUT2D eigenvalue weighted by atomic mass is 127. The Morgan fingerprint density at radius 1 is 1.29 bits per heavy atom. The van der Waals surface area contributed by atoms with Crippen LogP contribution in [0.1, 0.15) is 44.6 Å². The van der Waals surface area contributed by atoms with E-state index in [9.17, 15) is 0 Å². The Kier molecular flexibility index (Phi) is 9.50. The van der Waals surface area contributed by atoms with E-state index in [1.54, 1.807) is 7.11 Å². The maximum Gasteiger partial charge on any atom is 0.191 e. The highest BCUT2D eigenvalue weighted by molar-refractivity contribution is 14.0. The van der Waals surface area contributed by atoms with Crippen molar-refractivity contribution in [1.82, 2.24) is 15.5 Å². The number of likely N-dealkylation sites (tertiary alicyclic amines) is 1. The van der Waals surface area contributed by atoms with Gasteiger partial charge in [-0.15, -0.1) is 24.0 Å². The van der Waals surface area contributed by atoms with Crippen LogP contribution in [0.25, 0.3) is 0 Å². The first-order valence-electron chi connectivity index (χ1n) is 10.4. The maximum absolute atomic E-state index is 5.31. The number of ether oxygens (including phenoxy) is 1. The fourth-order valence-corrected chi connectivity index (χ4v) is 4.41. The lowest BCUT2D eigenvalue weighted by atomic mass is 9.67. The Balaban J connectivity index is 0.00000280. The molecule has 0 spiro atoms. The zero-order valence-corrected chi connectivity index (χ0v) is 19.9. The molecule has 2 aliphatic rings. The van der Waals surface area contributed by atoms with E-state index < -0.39 is 0 Å². The van der Waals surface area contributed by atoms with Gasteiger partial charge < -0.3 is 15.4 Å². The van der Waals surface area contributed by atoms with Crippen LogP contribution in [0, 0.1) is 5.41 Å². The molecule has 3 rings (SSSR count). The highest BCUT2D eigenvalue weighted by Gasteiger charge is 2.37. The van der Waals surface area contributed by atoms with E-state index in [4.69, 9.17) is 4.74 Å². The average Bonchev–Trinajstić information content (AvgIpc) is 2.99. The molecule has 0 radical (unpaired) electrons. The first kappa shape index (κ1) is 23.4. The van der Waals surface area contributed by atoms with Crippen LogP contribution >= 0.6 is 24.0 Å². The third-order valence-electron chi connectivity index (χ3n) is 6.38. The largest absolute Gasteiger partial charge is 0.385 e. The summed E-state index contributed by atoms with van der Waals surface area (Å²) < 4.78 is 5.31. The summed E-state index contributed by atoms with van der Waals surface area (Å²) >= 11 is 0. The molecule has 1 heterocycles. The molecule has 1 aliphatic carbocycles. The van der Waals surface area contributed by atoms with Crippen LogP contribution in [-0.4, -0.2) is 56.8 Å². The van der Waals surface area contributed by atoms with Gasteiger partial charge in [0.05, 0.1) is 0 Å². The van der Waals surface area contributed by atoms with Gasteiger partial charge >= 0.3 is 0 Å². The fraction of sp³-hybridized carbons (Fsp3) is 0.682. The predicted molar refractivity (Wildman–Crippen MR) is 127 cm³/mol. The van der Waals surface area contributed by atoms with Gasteiger partial charge in [-0.3, -0.25) is 9.89 Å². The monoisotopic (exact) mass is 500 g/mol. The molecule has 5 nitrogen and oxygen atoms in total. The van der Waals surface area contributed by atoms with Gasteiger partial charge in [-0.2, -0.15) is 0 Å². The minimum atomic E-state index is 0. The molecule has 6 heteroatoms. The molecule has 1 saturated heterocycles. The number of benzene rings is 1. The van der Waals surface area contributed by atoms with Crippen LogP contribution < -0.4 is 10.6 Å². The van der Waals surface area contributed by atoms with Crippen LogP contribution in [-0.2, 0) is 11.3 Å². The number of nitrogens with one attached hydrogen (secondary N) is 2. The van der Waals surface area contributed by atoms with Crippen molar-refractivity contribution in [3.63, 3.8) is 0 Å². The minimum absolute atomic E-state index is 0. The molecule has 2 N–H and O–H groups in total. The van der Waals surface area contributed by atoms with E-state index in [-0.39, 0.29) is 24.0 Å². The van der Waals surface area contributed by atoms with E-state index in [1.165, 1.54) is 24.8 Å². The lowest BCUT2D eigenvalue weighted by molar-refractivity contribution is 0.0732. The van der Waals surface area contributed by atoms with Crippen LogP contribution in [0.3, 0.4) is 0 Å². The molecular weight excluding hydrogens is 463 g/mol. The van der Waals surface area contributed by atoms with Crippen molar-refractivity contribution in [3.05, 3.63) is 35.9 Å². The molecule has 2 unspecified atom stereocenters. The van der Waals surface area contributed by atoms with Crippen molar-refractivity contribution in [2.24, 2.45) is 10.4 Å². The van der Waals surface area contributed by atoms with Crippen molar-refractivity contribution in [2.75, 3.05) is 33.9 Å². The predicted octanol–water partition coefficient (Wildman–Crippen LogP) is 3.64. The van der Waals surface area contributed by atoms with Gasteiger partial charge in [0.15, 0.2) is 5.96 Å². The Labute approximate surface area is 187 Å². The summed E-state index contributed by atoms with van der Waals surface area (Å²) in [5, 5.41) is 7.25. The Bertz CT molecular complexity index is 606. The molecule has 1 aromatic carbocycles. The molecule has 1 saturated carbocycles.